The van der Waals surface area contributed by atoms with Crippen LogP contribution in [0.5, 0.6) is 0 Å². The van der Waals surface area contributed by atoms with Gasteiger partial charge in [-0.15, -0.1) is 0 Å². The highest BCUT2D eigenvalue weighted by molar-refractivity contribution is 6.30. The van der Waals surface area contributed by atoms with Gasteiger partial charge in [0, 0.05) is 49.3 Å². The Hall–Kier alpha value is -2.77. The van der Waals surface area contributed by atoms with Crippen molar-refractivity contribution in [3.63, 3.8) is 0 Å². The number of aryl methyl sites for hydroxylation is 1. The summed E-state index contributed by atoms with van der Waals surface area (Å²) in [5.74, 6) is -1.79. The number of carbonyl (C=O) groups excluding carboxylic acids is 3. The minimum absolute atomic E-state index is 0.00870. The van der Waals surface area contributed by atoms with Crippen molar-refractivity contribution in [3.05, 3.63) is 58.4 Å². The van der Waals surface area contributed by atoms with Crippen LogP contribution in [0.25, 0.3) is 0 Å². The summed E-state index contributed by atoms with van der Waals surface area (Å²) in [4.78, 5) is 40.5. The van der Waals surface area contributed by atoms with Crippen LogP contribution >= 0.6 is 11.6 Å². The van der Waals surface area contributed by atoms with Crippen LogP contribution in [0.3, 0.4) is 0 Å². The van der Waals surface area contributed by atoms with Gasteiger partial charge in [-0.2, -0.15) is 0 Å². The van der Waals surface area contributed by atoms with Crippen LogP contribution in [0, 0.1) is 5.82 Å². The number of hydrogen-bond donors (Lipinski definition) is 1. The number of benzene rings is 2. The van der Waals surface area contributed by atoms with Crippen LogP contribution in [0.15, 0.2) is 36.4 Å². The Bertz CT molecular complexity index is 1070. The molecule has 1 saturated heterocycles. The van der Waals surface area contributed by atoms with Crippen molar-refractivity contribution >= 4 is 40.6 Å². The second-order valence-corrected chi connectivity index (χ2v) is 8.44. The number of amides is 2. The van der Waals surface area contributed by atoms with Crippen molar-refractivity contribution < 1.29 is 23.9 Å². The van der Waals surface area contributed by atoms with E-state index in [0.29, 0.717) is 24.2 Å². The number of ketones is 1. The lowest BCUT2D eigenvalue weighted by Gasteiger charge is -2.22. The average molecular weight is 445 g/mol. The Kier molecular flexibility index (Phi) is 5.58. The van der Waals surface area contributed by atoms with Gasteiger partial charge in [-0.1, -0.05) is 11.6 Å². The van der Waals surface area contributed by atoms with Crippen molar-refractivity contribution in [2.75, 3.05) is 22.9 Å². The molecule has 4 rings (SSSR count). The number of rotatable bonds is 5. The number of anilines is 2. The third-order valence-electron chi connectivity index (χ3n) is 5.97. The second kappa shape index (κ2) is 8.05. The molecule has 1 fully saturated rings. The Morgan fingerprint density at radius 2 is 1.97 bits per heavy atom. The first kappa shape index (κ1) is 21.5. The molecule has 1 atom stereocenters. The largest absolute Gasteiger partial charge is 0.373 e. The van der Waals surface area contributed by atoms with Gasteiger partial charge in [0.2, 0.25) is 11.5 Å². The summed E-state index contributed by atoms with van der Waals surface area (Å²) in [6.45, 7) is 2.31. The van der Waals surface area contributed by atoms with Gasteiger partial charge in [0.1, 0.15) is 5.82 Å². The summed E-state index contributed by atoms with van der Waals surface area (Å²) in [5.41, 5.74) is 0.794. The van der Waals surface area contributed by atoms with Gasteiger partial charge in [0.15, 0.2) is 5.78 Å². The Morgan fingerprint density at radius 1 is 1.19 bits per heavy atom. The quantitative estimate of drug-likeness (QED) is 0.719. The maximum absolute atomic E-state index is 13.5. The Morgan fingerprint density at radius 3 is 2.68 bits per heavy atom. The molecule has 31 heavy (non-hydrogen) atoms. The van der Waals surface area contributed by atoms with E-state index in [1.165, 1.54) is 24.0 Å². The molecule has 0 radical (unpaired) electrons. The normalized spacial score (nSPS) is 20.3. The predicted molar refractivity (Wildman–Crippen MR) is 115 cm³/mol. The molecule has 0 aliphatic carbocycles. The van der Waals surface area contributed by atoms with Gasteiger partial charge in [-0.3, -0.25) is 14.4 Å². The van der Waals surface area contributed by atoms with Crippen molar-refractivity contribution in [1.29, 1.82) is 0 Å². The fourth-order valence-electron chi connectivity index (χ4n) is 4.31. The van der Waals surface area contributed by atoms with Gasteiger partial charge in [0.25, 0.3) is 5.91 Å². The zero-order valence-electron chi connectivity index (χ0n) is 17.0. The molecule has 2 aromatic carbocycles. The molecule has 1 unspecified atom stereocenters. The van der Waals surface area contributed by atoms with E-state index in [2.05, 4.69) is 0 Å². The third-order valence-corrected chi connectivity index (χ3v) is 6.19. The molecule has 1 N–H and O–H groups in total. The molecule has 0 bridgehead atoms. The van der Waals surface area contributed by atoms with E-state index in [-0.39, 0.29) is 36.7 Å². The molecular formula is C23H22ClFN2O4. The lowest BCUT2D eigenvalue weighted by atomic mass is 9.92. The number of aliphatic hydroxyl groups is 1. The standard InChI is InChI=1S/C23H22ClFN2O4/c1-14(28)26-8-6-16-12-19(3-4-20(16)26)27-9-7-23(31,22(27)30)21(29)5-2-15-10-17(24)13-18(25)11-15/h3-4,10-13,31H,2,5-9H2,1H3. The van der Waals surface area contributed by atoms with E-state index in [1.807, 2.05) is 6.07 Å². The molecule has 6 nitrogen and oxygen atoms in total. The first-order chi connectivity index (χ1) is 14.7. The van der Waals surface area contributed by atoms with E-state index in [0.717, 1.165) is 11.3 Å². The van der Waals surface area contributed by atoms with Crippen molar-refractivity contribution in [2.24, 2.45) is 0 Å². The van der Waals surface area contributed by atoms with Crippen LogP contribution in [-0.2, 0) is 27.2 Å². The van der Waals surface area contributed by atoms with Crippen molar-refractivity contribution in [2.45, 2.75) is 38.2 Å². The monoisotopic (exact) mass is 444 g/mol. The number of Topliss-reactive ketones (excluding diaryl/α,β-unsaturated/α-hetero) is 1. The van der Waals surface area contributed by atoms with Crippen LogP contribution in [0.1, 0.15) is 30.9 Å². The highest BCUT2D eigenvalue weighted by Gasteiger charge is 2.51. The van der Waals surface area contributed by atoms with E-state index >= 15 is 0 Å². The molecular weight excluding hydrogens is 423 g/mol. The molecule has 0 saturated carbocycles. The first-order valence-corrected chi connectivity index (χ1v) is 10.5. The van der Waals surface area contributed by atoms with Crippen molar-refractivity contribution in [3.8, 4) is 0 Å². The van der Waals surface area contributed by atoms with Crippen LogP contribution in [-0.4, -0.2) is 41.4 Å². The first-order valence-electron chi connectivity index (χ1n) is 10.1. The number of fused-ring (bicyclic) bond motifs is 1. The summed E-state index contributed by atoms with van der Waals surface area (Å²) in [6, 6.07) is 9.36. The summed E-state index contributed by atoms with van der Waals surface area (Å²) < 4.78 is 13.5. The number of nitrogens with zero attached hydrogens (tertiary/aromatic N) is 2. The second-order valence-electron chi connectivity index (χ2n) is 8.00. The van der Waals surface area contributed by atoms with E-state index in [1.54, 1.807) is 23.1 Å². The summed E-state index contributed by atoms with van der Waals surface area (Å²) in [5, 5.41) is 11.1. The molecule has 0 spiro atoms. The van der Waals surface area contributed by atoms with E-state index in [4.69, 9.17) is 11.6 Å². The predicted octanol–water partition coefficient (Wildman–Crippen LogP) is 3.06. The Labute approximate surface area is 184 Å². The topological polar surface area (TPSA) is 77.9 Å². The highest BCUT2D eigenvalue weighted by atomic mass is 35.5. The summed E-state index contributed by atoms with van der Waals surface area (Å²) in [6.07, 6.45) is 0.745. The number of hydrogen-bond acceptors (Lipinski definition) is 4. The SMILES string of the molecule is CC(=O)N1CCc2cc(N3CCC(O)(C(=O)CCc4cc(F)cc(Cl)c4)C3=O)ccc21. The Balaban J connectivity index is 1.48. The molecule has 2 aliphatic rings. The fourth-order valence-corrected chi connectivity index (χ4v) is 4.56. The lowest BCUT2D eigenvalue weighted by molar-refractivity contribution is -0.147. The smallest absolute Gasteiger partial charge is 0.266 e. The maximum atomic E-state index is 13.5. The van der Waals surface area contributed by atoms with Crippen LogP contribution in [0.2, 0.25) is 5.02 Å². The molecule has 2 aliphatic heterocycles. The molecule has 0 aromatic heterocycles. The number of carbonyl (C=O) groups is 3. The van der Waals surface area contributed by atoms with E-state index < -0.39 is 23.1 Å². The van der Waals surface area contributed by atoms with Crippen LogP contribution in [0.4, 0.5) is 15.8 Å². The zero-order valence-corrected chi connectivity index (χ0v) is 17.8. The minimum Gasteiger partial charge on any atom is -0.373 e. The van der Waals surface area contributed by atoms with Gasteiger partial charge in [-0.25, -0.2) is 4.39 Å². The van der Waals surface area contributed by atoms with Gasteiger partial charge >= 0.3 is 0 Å². The third kappa shape index (κ3) is 3.95. The average Bonchev–Trinajstić information content (AvgIpc) is 3.27. The minimum atomic E-state index is -2.10. The molecule has 8 heteroatoms. The van der Waals surface area contributed by atoms with E-state index in [9.17, 15) is 23.9 Å². The van der Waals surface area contributed by atoms with Gasteiger partial charge in [0.05, 0.1) is 0 Å². The molecule has 2 heterocycles. The van der Waals surface area contributed by atoms with Crippen molar-refractivity contribution in [1.82, 2.24) is 0 Å². The maximum Gasteiger partial charge on any atom is 0.266 e. The number of halogens is 2. The van der Waals surface area contributed by atoms with Gasteiger partial charge in [-0.05, 0) is 60.4 Å². The summed E-state index contributed by atoms with van der Waals surface area (Å²) in [7, 11) is 0. The zero-order chi connectivity index (χ0) is 22.3. The molecule has 2 aromatic rings. The van der Waals surface area contributed by atoms with Crippen LogP contribution < -0.4 is 9.80 Å². The lowest BCUT2D eigenvalue weighted by Crippen LogP contribution is -2.47. The highest BCUT2D eigenvalue weighted by Crippen LogP contribution is 2.35. The van der Waals surface area contributed by atoms with Gasteiger partial charge < -0.3 is 14.9 Å². The summed E-state index contributed by atoms with van der Waals surface area (Å²) >= 11 is 5.84. The fraction of sp³-hybridized carbons (Fsp3) is 0.348. The molecule has 2 amide bonds. The molecule has 162 valence electrons.